The summed E-state index contributed by atoms with van der Waals surface area (Å²) in [5.41, 5.74) is 0.186. The minimum Gasteiger partial charge on any atom is -0.314 e. The van der Waals surface area contributed by atoms with E-state index in [1.165, 1.54) is 12.1 Å². The summed E-state index contributed by atoms with van der Waals surface area (Å²) >= 11 is 0. The summed E-state index contributed by atoms with van der Waals surface area (Å²) in [5, 5.41) is 3.21. The van der Waals surface area contributed by atoms with Crippen LogP contribution in [0.2, 0.25) is 0 Å². The van der Waals surface area contributed by atoms with Gasteiger partial charge in [0.15, 0.2) is 0 Å². The van der Waals surface area contributed by atoms with E-state index in [-0.39, 0.29) is 11.6 Å². The van der Waals surface area contributed by atoms with E-state index in [1.54, 1.807) is 12.1 Å². The molecule has 0 saturated carbocycles. The fourth-order valence-electron chi connectivity index (χ4n) is 2.06. The molecule has 0 bridgehead atoms. The van der Waals surface area contributed by atoms with Gasteiger partial charge in [0.25, 0.3) is 0 Å². The van der Waals surface area contributed by atoms with Crippen LogP contribution >= 0.6 is 0 Å². The molecular formula is C12H15F2N. The van der Waals surface area contributed by atoms with Crippen LogP contribution < -0.4 is 5.32 Å². The highest BCUT2D eigenvalue weighted by atomic mass is 19.1. The Morgan fingerprint density at radius 2 is 2.20 bits per heavy atom. The van der Waals surface area contributed by atoms with Crippen molar-refractivity contribution in [3.05, 3.63) is 35.6 Å². The standard InChI is InChI=1S/C12H15F2N/c13-11-6-2-1-5-10(11)12(14)8-9-4-3-7-15-9/h1-2,5-6,9,12,15H,3-4,7-8H2. The summed E-state index contributed by atoms with van der Waals surface area (Å²) in [4.78, 5) is 0. The molecule has 1 aromatic rings. The zero-order valence-electron chi connectivity index (χ0n) is 8.55. The van der Waals surface area contributed by atoms with Crippen molar-refractivity contribution in [2.24, 2.45) is 0 Å². The molecule has 0 amide bonds. The Kier molecular flexibility index (Phi) is 3.31. The molecule has 1 aliphatic heterocycles. The number of alkyl halides is 1. The maximum absolute atomic E-state index is 13.8. The van der Waals surface area contributed by atoms with E-state index in [0.717, 1.165) is 19.4 Å². The monoisotopic (exact) mass is 211 g/mol. The van der Waals surface area contributed by atoms with Gasteiger partial charge in [0.1, 0.15) is 12.0 Å². The van der Waals surface area contributed by atoms with Crippen LogP contribution in [0.15, 0.2) is 24.3 Å². The number of benzene rings is 1. The third-order valence-corrected chi connectivity index (χ3v) is 2.90. The van der Waals surface area contributed by atoms with Crippen molar-refractivity contribution in [3.8, 4) is 0 Å². The highest BCUT2D eigenvalue weighted by Gasteiger charge is 2.21. The Morgan fingerprint density at radius 3 is 2.87 bits per heavy atom. The molecule has 1 fully saturated rings. The molecule has 1 N–H and O–H groups in total. The van der Waals surface area contributed by atoms with Gasteiger partial charge in [-0.3, -0.25) is 0 Å². The van der Waals surface area contributed by atoms with Gasteiger partial charge in [0.2, 0.25) is 0 Å². The lowest BCUT2D eigenvalue weighted by molar-refractivity contribution is 0.285. The quantitative estimate of drug-likeness (QED) is 0.810. The van der Waals surface area contributed by atoms with Crippen molar-refractivity contribution >= 4 is 0 Å². The summed E-state index contributed by atoms with van der Waals surface area (Å²) < 4.78 is 27.0. The number of halogens is 2. The average Bonchev–Trinajstić information content (AvgIpc) is 2.71. The van der Waals surface area contributed by atoms with E-state index in [2.05, 4.69) is 5.32 Å². The van der Waals surface area contributed by atoms with E-state index in [1.807, 2.05) is 0 Å². The Balaban J connectivity index is 2.00. The molecule has 15 heavy (non-hydrogen) atoms. The first-order valence-corrected chi connectivity index (χ1v) is 5.39. The molecule has 1 heterocycles. The molecule has 1 nitrogen and oxygen atoms in total. The average molecular weight is 211 g/mol. The third-order valence-electron chi connectivity index (χ3n) is 2.90. The van der Waals surface area contributed by atoms with Crippen molar-refractivity contribution in [2.45, 2.75) is 31.5 Å². The molecule has 1 aromatic carbocycles. The maximum Gasteiger partial charge on any atom is 0.129 e. The summed E-state index contributed by atoms with van der Waals surface area (Å²) in [6, 6.07) is 6.30. The number of hydrogen-bond acceptors (Lipinski definition) is 1. The Morgan fingerprint density at radius 1 is 1.40 bits per heavy atom. The second-order valence-electron chi connectivity index (χ2n) is 4.02. The highest BCUT2D eigenvalue weighted by molar-refractivity contribution is 5.20. The Bertz CT molecular complexity index is 321. The first-order chi connectivity index (χ1) is 7.27. The van der Waals surface area contributed by atoms with Crippen LogP contribution in [0.4, 0.5) is 8.78 Å². The van der Waals surface area contributed by atoms with Crippen LogP contribution in [-0.2, 0) is 0 Å². The summed E-state index contributed by atoms with van der Waals surface area (Å²) in [6.07, 6.45) is 1.27. The zero-order chi connectivity index (χ0) is 10.7. The van der Waals surface area contributed by atoms with E-state index in [9.17, 15) is 8.78 Å². The van der Waals surface area contributed by atoms with Crippen LogP contribution in [0, 0.1) is 5.82 Å². The van der Waals surface area contributed by atoms with Gasteiger partial charge in [0, 0.05) is 11.6 Å². The number of rotatable bonds is 3. The Labute approximate surface area is 88.5 Å². The summed E-state index contributed by atoms with van der Waals surface area (Å²) in [7, 11) is 0. The van der Waals surface area contributed by atoms with Crippen LogP contribution in [0.3, 0.4) is 0 Å². The van der Waals surface area contributed by atoms with Gasteiger partial charge in [-0.15, -0.1) is 0 Å². The van der Waals surface area contributed by atoms with Crippen molar-refractivity contribution in [3.63, 3.8) is 0 Å². The van der Waals surface area contributed by atoms with Crippen LogP contribution in [0.25, 0.3) is 0 Å². The predicted octanol–water partition coefficient (Wildman–Crippen LogP) is 2.98. The molecule has 0 radical (unpaired) electrons. The lowest BCUT2D eigenvalue weighted by Crippen LogP contribution is -2.22. The molecule has 0 aromatic heterocycles. The van der Waals surface area contributed by atoms with Crippen molar-refractivity contribution < 1.29 is 8.78 Å². The maximum atomic E-state index is 13.8. The second kappa shape index (κ2) is 4.71. The van der Waals surface area contributed by atoms with Crippen LogP contribution in [0.1, 0.15) is 31.0 Å². The molecule has 82 valence electrons. The fourth-order valence-corrected chi connectivity index (χ4v) is 2.06. The first-order valence-electron chi connectivity index (χ1n) is 5.39. The number of nitrogens with one attached hydrogen (secondary N) is 1. The van der Waals surface area contributed by atoms with Crippen LogP contribution in [-0.4, -0.2) is 12.6 Å². The zero-order valence-corrected chi connectivity index (χ0v) is 8.55. The topological polar surface area (TPSA) is 12.0 Å². The molecular weight excluding hydrogens is 196 g/mol. The predicted molar refractivity (Wildman–Crippen MR) is 55.9 cm³/mol. The largest absolute Gasteiger partial charge is 0.314 e. The van der Waals surface area contributed by atoms with Gasteiger partial charge < -0.3 is 5.32 Å². The lowest BCUT2D eigenvalue weighted by Gasteiger charge is -2.14. The van der Waals surface area contributed by atoms with Gasteiger partial charge in [-0.25, -0.2) is 8.78 Å². The lowest BCUT2D eigenvalue weighted by atomic mass is 10.0. The molecule has 2 unspecified atom stereocenters. The van der Waals surface area contributed by atoms with Gasteiger partial charge in [-0.1, -0.05) is 18.2 Å². The molecule has 0 spiro atoms. The highest BCUT2D eigenvalue weighted by Crippen LogP contribution is 2.27. The minimum atomic E-state index is -1.19. The van der Waals surface area contributed by atoms with E-state index >= 15 is 0 Å². The summed E-state index contributed by atoms with van der Waals surface area (Å²) in [6.45, 7) is 0.953. The first kappa shape index (κ1) is 10.6. The van der Waals surface area contributed by atoms with E-state index in [0.29, 0.717) is 6.42 Å². The minimum absolute atomic E-state index is 0.186. The summed E-state index contributed by atoms with van der Waals surface area (Å²) in [5.74, 6) is -0.442. The van der Waals surface area contributed by atoms with E-state index < -0.39 is 12.0 Å². The van der Waals surface area contributed by atoms with E-state index in [4.69, 9.17) is 0 Å². The van der Waals surface area contributed by atoms with Gasteiger partial charge in [-0.05, 0) is 31.9 Å². The molecule has 0 aliphatic carbocycles. The number of hydrogen-bond donors (Lipinski definition) is 1. The molecule has 2 atom stereocenters. The van der Waals surface area contributed by atoms with Crippen molar-refractivity contribution in [1.82, 2.24) is 5.32 Å². The normalized spacial score (nSPS) is 22.9. The van der Waals surface area contributed by atoms with Gasteiger partial charge in [0.05, 0.1) is 0 Å². The molecule has 1 saturated heterocycles. The smallest absolute Gasteiger partial charge is 0.129 e. The SMILES string of the molecule is Fc1ccccc1C(F)CC1CCCN1. The van der Waals surface area contributed by atoms with Crippen molar-refractivity contribution in [1.29, 1.82) is 0 Å². The molecule has 1 aliphatic rings. The van der Waals surface area contributed by atoms with Gasteiger partial charge >= 0.3 is 0 Å². The fraction of sp³-hybridized carbons (Fsp3) is 0.500. The molecule has 2 rings (SSSR count). The second-order valence-corrected chi connectivity index (χ2v) is 4.02. The molecule has 3 heteroatoms. The van der Waals surface area contributed by atoms with Crippen molar-refractivity contribution in [2.75, 3.05) is 6.54 Å². The Hall–Kier alpha value is -0.960. The van der Waals surface area contributed by atoms with Gasteiger partial charge in [-0.2, -0.15) is 0 Å². The third kappa shape index (κ3) is 2.53. The van der Waals surface area contributed by atoms with Crippen LogP contribution in [0.5, 0.6) is 0 Å².